The summed E-state index contributed by atoms with van der Waals surface area (Å²) in [5, 5.41) is 16.8. The first-order valence-electron chi connectivity index (χ1n) is 5.53. The molecule has 0 aromatic heterocycles. The van der Waals surface area contributed by atoms with E-state index in [0.717, 1.165) is 0 Å². The molecule has 0 saturated carbocycles. The van der Waals surface area contributed by atoms with Crippen LogP contribution in [0, 0.1) is 5.41 Å². The number of benzene rings is 1. The minimum Gasteiger partial charge on any atom is -0.507 e. The maximum atomic E-state index is 11.8. The van der Waals surface area contributed by atoms with Gasteiger partial charge in [-0.3, -0.25) is 5.41 Å². The van der Waals surface area contributed by atoms with Gasteiger partial charge in [-0.05, 0) is 12.1 Å². The highest BCUT2D eigenvalue weighted by Gasteiger charge is 2.21. The molecule has 0 aliphatic rings. The molecule has 1 aromatic rings. The van der Waals surface area contributed by atoms with Gasteiger partial charge in [0.25, 0.3) is 0 Å². The molecule has 6 nitrogen and oxygen atoms in total. The summed E-state index contributed by atoms with van der Waals surface area (Å²) in [7, 11) is 1.56. The number of phenolic OH excluding ortho intramolecular Hbond substituents is 1. The molecule has 1 atom stereocenters. The molecular formula is C12H17N3O3. The van der Waals surface area contributed by atoms with Crippen LogP contribution >= 0.6 is 0 Å². The molecule has 0 heterocycles. The molecule has 0 aliphatic carbocycles. The van der Waals surface area contributed by atoms with Gasteiger partial charge in [0, 0.05) is 13.5 Å². The molecule has 0 saturated heterocycles. The number of carbonyl (C=O) groups excluding carboxylic acids is 1. The predicted molar refractivity (Wildman–Crippen MR) is 67.3 cm³/mol. The maximum absolute atomic E-state index is 11.8. The summed E-state index contributed by atoms with van der Waals surface area (Å²) in [6.07, 6.45) is -0.148. The first-order chi connectivity index (χ1) is 8.47. The summed E-state index contributed by atoms with van der Waals surface area (Å²) in [5.74, 6) is -0.970. The molecule has 98 valence electrons. The second kappa shape index (κ2) is 5.90. The Morgan fingerprint density at radius 2 is 2.17 bits per heavy atom. The van der Waals surface area contributed by atoms with E-state index in [0.29, 0.717) is 6.42 Å². The maximum Gasteiger partial charge on any atom is 0.343 e. The number of hydrogen-bond acceptors (Lipinski definition) is 4. The number of nitrogens with two attached hydrogens (primary N) is 1. The average Bonchev–Trinajstić information content (AvgIpc) is 2.35. The van der Waals surface area contributed by atoms with Gasteiger partial charge in [0.2, 0.25) is 0 Å². The Labute approximate surface area is 105 Å². The van der Waals surface area contributed by atoms with Crippen molar-refractivity contribution >= 4 is 11.9 Å². The van der Waals surface area contributed by atoms with Crippen LogP contribution in [0.3, 0.4) is 0 Å². The Morgan fingerprint density at radius 1 is 1.56 bits per heavy atom. The van der Waals surface area contributed by atoms with E-state index >= 15 is 0 Å². The quantitative estimate of drug-likeness (QED) is 0.322. The van der Waals surface area contributed by atoms with E-state index in [-0.39, 0.29) is 17.3 Å². The van der Waals surface area contributed by atoms with Crippen molar-refractivity contribution in [2.75, 3.05) is 7.05 Å². The van der Waals surface area contributed by atoms with E-state index in [9.17, 15) is 9.90 Å². The first kappa shape index (κ1) is 13.8. The number of esters is 1. The Bertz CT molecular complexity index is 448. The number of nitrogens with one attached hydrogen (secondary N) is 1. The van der Waals surface area contributed by atoms with E-state index in [2.05, 4.69) is 0 Å². The van der Waals surface area contributed by atoms with Crippen molar-refractivity contribution in [2.24, 2.45) is 5.73 Å². The van der Waals surface area contributed by atoms with E-state index < -0.39 is 12.2 Å². The van der Waals surface area contributed by atoms with Crippen molar-refractivity contribution in [1.29, 1.82) is 5.41 Å². The topological polar surface area (TPSA) is 99.6 Å². The zero-order valence-electron chi connectivity index (χ0n) is 10.4. The molecule has 1 unspecified atom stereocenters. The zero-order chi connectivity index (χ0) is 13.7. The summed E-state index contributed by atoms with van der Waals surface area (Å²) >= 11 is 0. The lowest BCUT2D eigenvalue weighted by atomic mass is 10.2. The molecule has 0 aliphatic heterocycles. The number of rotatable bonds is 4. The fraction of sp³-hybridized carbons (Fsp3) is 0.333. The molecule has 0 fully saturated rings. The number of hydrogen-bond donors (Lipinski definition) is 3. The third-order valence-electron chi connectivity index (χ3n) is 2.53. The highest BCUT2D eigenvalue weighted by molar-refractivity contribution is 5.92. The van der Waals surface area contributed by atoms with Gasteiger partial charge >= 0.3 is 5.97 Å². The van der Waals surface area contributed by atoms with E-state index in [4.69, 9.17) is 15.9 Å². The van der Waals surface area contributed by atoms with Crippen molar-refractivity contribution < 1.29 is 14.6 Å². The van der Waals surface area contributed by atoms with Gasteiger partial charge in [0.15, 0.2) is 12.2 Å². The SMILES string of the molecule is CCC(OC(=O)c1ccccc1O)N(C)C(=N)N. The first-order valence-corrected chi connectivity index (χ1v) is 5.53. The van der Waals surface area contributed by atoms with Gasteiger partial charge in [-0.1, -0.05) is 19.1 Å². The van der Waals surface area contributed by atoms with Crippen molar-refractivity contribution in [1.82, 2.24) is 4.90 Å². The van der Waals surface area contributed by atoms with Gasteiger partial charge in [0.05, 0.1) is 0 Å². The van der Waals surface area contributed by atoms with Gasteiger partial charge in [-0.15, -0.1) is 0 Å². The zero-order valence-corrected chi connectivity index (χ0v) is 10.4. The minimum absolute atomic E-state index is 0.0907. The summed E-state index contributed by atoms with van der Waals surface area (Å²) in [6.45, 7) is 1.81. The van der Waals surface area contributed by atoms with Crippen LogP contribution in [0.5, 0.6) is 5.75 Å². The second-order valence-electron chi connectivity index (χ2n) is 3.78. The molecular weight excluding hydrogens is 234 g/mol. The van der Waals surface area contributed by atoms with Crippen LogP contribution in [0.1, 0.15) is 23.7 Å². The molecule has 0 amide bonds. The smallest absolute Gasteiger partial charge is 0.343 e. The van der Waals surface area contributed by atoms with E-state index in [1.165, 1.54) is 17.0 Å². The average molecular weight is 251 g/mol. The Morgan fingerprint density at radius 3 is 2.67 bits per heavy atom. The molecule has 1 rings (SSSR count). The Balaban J connectivity index is 2.80. The van der Waals surface area contributed by atoms with Gasteiger partial charge in [-0.25, -0.2) is 4.79 Å². The molecule has 1 aromatic carbocycles. The third-order valence-corrected chi connectivity index (χ3v) is 2.53. The number of guanidine groups is 1. The summed E-state index contributed by atoms with van der Waals surface area (Å²) in [4.78, 5) is 13.2. The number of carbonyl (C=O) groups is 1. The van der Waals surface area contributed by atoms with Crippen LogP contribution in [-0.4, -0.2) is 35.2 Å². The Kier molecular flexibility index (Phi) is 4.53. The minimum atomic E-state index is -0.645. The molecule has 0 radical (unpaired) electrons. The normalized spacial score (nSPS) is 11.7. The van der Waals surface area contributed by atoms with Gasteiger partial charge in [0.1, 0.15) is 11.3 Å². The van der Waals surface area contributed by atoms with Crippen LogP contribution in [0.25, 0.3) is 0 Å². The van der Waals surface area contributed by atoms with Crippen LogP contribution < -0.4 is 5.73 Å². The van der Waals surface area contributed by atoms with Crippen LogP contribution in [0.4, 0.5) is 0 Å². The van der Waals surface area contributed by atoms with Crippen molar-refractivity contribution in [3.8, 4) is 5.75 Å². The van der Waals surface area contributed by atoms with Crippen molar-refractivity contribution in [3.05, 3.63) is 29.8 Å². The van der Waals surface area contributed by atoms with E-state index in [1.54, 1.807) is 19.2 Å². The van der Waals surface area contributed by atoms with Crippen LogP contribution in [0.2, 0.25) is 0 Å². The number of para-hydroxylation sites is 1. The standard InChI is InChI=1S/C12H17N3O3/c1-3-10(15(2)12(13)14)18-11(17)8-6-4-5-7-9(8)16/h4-7,10,16H,3H2,1-2H3,(H3,13,14). The van der Waals surface area contributed by atoms with Crippen LogP contribution in [-0.2, 0) is 4.74 Å². The fourth-order valence-corrected chi connectivity index (χ4v) is 1.42. The van der Waals surface area contributed by atoms with Crippen LogP contribution in [0.15, 0.2) is 24.3 Å². The van der Waals surface area contributed by atoms with E-state index in [1.807, 2.05) is 6.92 Å². The highest BCUT2D eigenvalue weighted by Crippen LogP contribution is 2.18. The number of phenols is 1. The second-order valence-corrected chi connectivity index (χ2v) is 3.78. The van der Waals surface area contributed by atoms with Crippen molar-refractivity contribution in [3.63, 3.8) is 0 Å². The largest absolute Gasteiger partial charge is 0.507 e. The summed E-state index contributed by atoms with van der Waals surface area (Å²) in [5.41, 5.74) is 5.42. The molecule has 0 spiro atoms. The lowest BCUT2D eigenvalue weighted by molar-refractivity contribution is -0.00345. The molecule has 6 heteroatoms. The molecule has 0 bridgehead atoms. The third kappa shape index (κ3) is 3.13. The summed E-state index contributed by atoms with van der Waals surface area (Å²) in [6, 6.07) is 6.13. The molecule has 18 heavy (non-hydrogen) atoms. The lowest BCUT2D eigenvalue weighted by Crippen LogP contribution is -2.43. The Hall–Kier alpha value is -2.24. The summed E-state index contributed by atoms with van der Waals surface area (Å²) < 4.78 is 5.20. The van der Waals surface area contributed by atoms with Gasteiger partial charge < -0.3 is 20.5 Å². The number of aromatic hydroxyl groups is 1. The lowest BCUT2D eigenvalue weighted by Gasteiger charge is -2.26. The fourth-order valence-electron chi connectivity index (χ4n) is 1.42. The number of nitrogens with zero attached hydrogens (tertiary/aromatic N) is 1. The van der Waals surface area contributed by atoms with Crippen molar-refractivity contribution in [2.45, 2.75) is 19.6 Å². The monoisotopic (exact) mass is 251 g/mol. The van der Waals surface area contributed by atoms with Gasteiger partial charge in [-0.2, -0.15) is 0 Å². The number of ether oxygens (including phenoxy) is 1. The highest BCUT2D eigenvalue weighted by atomic mass is 16.6. The predicted octanol–water partition coefficient (Wildman–Crippen LogP) is 1.11. The molecule has 4 N–H and O–H groups in total.